The van der Waals surface area contributed by atoms with Gasteiger partial charge >= 0.3 is 6.09 Å². The number of rotatable bonds is 5. The summed E-state index contributed by atoms with van der Waals surface area (Å²) in [7, 11) is -3.68. The van der Waals surface area contributed by atoms with E-state index in [-0.39, 0.29) is 36.2 Å². The Hall–Kier alpha value is -2.60. The fraction of sp³-hybridized carbons (Fsp3) is 0.550. The zero-order valence-corrected chi connectivity index (χ0v) is 16.9. The van der Waals surface area contributed by atoms with E-state index in [4.69, 9.17) is 10.00 Å². The zero-order valence-electron chi connectivity index (χ0n) is 16.1. The van der Waals surface area contributed by atoms with Gasteiger partial charge in [0.2, 0.25) is 5.91 Å². The number of sulfone groups is 1. The summed E-state index contributed by atoms with van der Waals surface area (Å²) in [5.41, 5.74) is 0. The predicted molar refractivity (Wildman–Crippen MR) is 104 cm³/mol. The Labute approximate surface area is 170 Å². The standard InChI is InChI=1S/C20H25N3O5S/c21-11-12-22-20(25)28-18-13-17(29(26,27)16-9-5-2-6-10-16)14-23(18)19(24)15-7-3-1-4-8-15/h2,5-6,9-10,15,17-18H,1,3-4,7-8,12-14H2,(H,22,25)/t17-,18+/m1/s1. The van der Waals surface area contributed by atoms with E-state index >= 15 is 0 Å². The maximum absolute atomic E-state index is 13.1. The van der Waals surface area contributed by atoms with Crippen LogP contribution in [-0.4, -0.2) is 49.9 Å². The van der Waals surface area contributed by atoms with E-state index < -0.39 is 27.4 Å². The number of alkyl carbamates (subject to hydrolysis) is 1. The van der Waals surface area contributed by atoms with Gasteiger partial charge in [-0.15, -0.1) is 0 Å². The number of ether oxygens (including phenoxy) is 1. The molecule has 1 aromatic rings. The molecule has 1 aromatic carbocycles. The molecular weight excluding hydrogens is 394 g/mol. The zero-order chi connectivity index (χ0) is 20.9. The van der Waals surface area contributed by atoms with E-state index in [0.29, 0.717) is 0 Å². The van der Waals surface area contributed by atoms with E-state index in [0.717, 1.165) is 32.1 Å². The summed E-state index contributed by atoms with van der Waals surface area (Å²) < 4.78 is 31.4. The van der Waals surface area contributed by atoms with Crippen LogP contribution in [0.1, 0.15) is 38.5 Å². The third kappa shape index (κ3) is 4.88. The fourth-order valence-corrected chi connectivity index (χ4v) is 5.69. The molecule has 29 heavy (non-hydrogen) atoms. The number of likely N-dealkylation sites (tertiary alicyclic amines) is 1. The molecule has 0 spiro atoms. The highest BCUT2D eigenvalue weighted by Crippen LogP contribution is 2.33. The quantitative estimate of drug-likeness (QED) is 0.732. The summed E-state index contributed by atoms with van der Waals surface area (Å²) in [5.74, 6) is -0.330. The second-order valence-corrected chi connectivity index (χ2v) is 9.64. The van der Waals surface area contributed by atoms with Crippen LogP contribution in [0.2, 0.25) is 0 Å². The monoisotopic (exact) mass is 419 g/mol. The minimum atomic E-state index is -3.68. The lowest BCUT2D eigenvalue weighted by Gasteiger charge is -2.30. The number of nitrogens with zero attached hydrogens (tertiary/aromatic N) is 2. The van der Waals surface area contributed by atoms with Gasteiger partial charge in [0.15, 0.2) is 16.1 Å². The van der Waals surface area contributed by atoms with Gasteiger partial charge < -0.3 is 15.0 Å². The van der Waals surface area contributed by atoms with Gasteiger partial charge in [-0.25, -0.2) is 13.2 Å². The SMILES string of the molecule is N#CCNC(=O)O[C@H]1C[C@@H](S(=O)(=O)c2ccccc2)CN1C(=O)C1CCCCC1. The topological polar surface area (TPSA) is 117 Å². The molecule has 0 radical (unpaired) electrons. The Balaban J connectivity index is 1.80. The normalized spacial score (nSPS) is 22.7. The Bertz CT molecular complexity index is 875. The summed E-state index contributed by atoms with van der Waals surface area (Å²) >= 11 is 0. The molecule has 1 saturated heterocycles. The summed E-state index contributed by atoms with van der Waals surface area (Å²) in [6.45, 7) is -0.239. The van der Waals surface area contributed by atoms with Crippen LogP contribution < -0.4 is 5.32 Å². The second-order valence-electron chi connectivity index (χ2n) is 7.41. The second kappa shape index (κ2) is 9.27. The molecule has 0 aromatic heterocycles. The highest BCUT2D eigenvalue weighted by molar-refractivity contribution is 7.92. The molecule has 2 amide bonds. The third-order valence-electron chi connectivity index (χ3n) is 5.52. The van der Waals surface area contributed by atoms with Crippen LogP contribution in [0.3, 0.4) is 0 Å². The summed E-state index contributed by atoms with van der Waals surface area (Å²) in [4.78, 5) is 26.6. The number of hydrogen-bond donors (Lipinski definition) is 1. The Morgan fingerprint density at radius 2 is 1.86 bits per heavy atom. The lowest BCUT2D eigenvalue weighted by atomic mass is 9.88. The van der Waals surface area contributed by atoms with E-state index in [1.165, 1.54) is 17.0 Å². The Morgan fingerprint density at radius 1 is 1.17 bits per heavy atom. The van der Waals surface area contributed by atoms with Crippen molar-refractivity contribution in [1.29, 1.82) is 5.26 Å². The van der Waals surface area contributed by atoms with E-state index in [9.17, 15) is 18.0 Å². The molecule has 2 aliphatic rings. The molecule has 1 saturated carbocycles. The van der Waals surface area contributed by atoms with Crippen LogP contribution >= 0.6 is 0 Å². The average molecular weight is 420 g/mol. The van der Waals surface area contributed by atoms with Crippen molar-refractivity contribution >= 4 is 21.8 Å². The van der Waals surface area contributed by atoms with E-state index in [1.54, 1.807) is 24.3 Å². The maximum Gasteiger partial charge on any atom is 0.409 e. The molecule has 1 N–H and O–H groups in total. The molecule has 2 fully saturated rings. The van der Waals surface area contributed by atoms with Gasteiger partial charge in [0.05, 0.1) is 16.2 Å². The van der Waals surface area contributed by atoms with Crippen LogP contribution in [-0.2, 0) is 19.4 Å². The number of carbonyl (C=O) groups excluding carboxylic acids is 2. The van der Waals surface area contributed by atoms with Crippen LogP contribution in [0.25, 0.3) is 0 Å². The molecule has 0 bridgehead atoms. The first kappa shape index (κ1) is 21.1. The lowest BCUT2D eigenvalue weighted by molar-refractivity contribution is -0.143. The van der Waals surface area contributed by atoms with Crippen LogP contribution in [0.5, 0.6) is 0 Å². The van der Waals surface area contributed by atoms with Crippen molar-refractivity contribution in [3.63, 3.8) is 0 Å². The minimum absolute atomic E-state index is 0.00958. The first-order valence-electron chi connectivity index (χ1n) is 9.84. The molecular formula is C20H25N3O5S. The van der Waals surface area contributed by atoms with Crippen LogP contribution in [0.4, 0.5) is 4.79 Å². The first-order chi connectivity index (χ1) is 13.9. The highest BCUT2D eigenvalue weighted by Gasteiger charge is 2.45. The van der Waals surface area contributed by atoms with Gasteiger partial charge in [-0.05, 0) is 25.0 Å². The first-order valence-corrected chi connectivity index (χ1v) is 11.4. The van der Waals surface area contributed by atoms with Gasteiger partial charge in [0.1, 0.15) is 6.54 Å². The molecule has 2 atom stereocenters. The average Bonchev–Trinajstić information content (AvgIpc) is 3.17. The van der Waals surface area contributed by atoms with Crippen molar-refractivity contribution in [2.75, 3.05) is 13.1 Å². The Morgan fingerprint density at radius 3 is 2.52 bits per heavy atom. The van der Waals surface area contributed by atoms with Crippen molar-refractivity contribution < 1.29 is 22.7 Å². The van der Waals surface area contributed by atoms with Crippen LogP contribution in [0, 0.1) is 17.2 Å². The Kier molecular flexibility index (Phi) is 6.75. The van der Waals surface area contributed by atoms with Crippen molar-refractivity contribution in [2.45, 2.75) is 54.9 Å². The molecule has 1 aliphatic carbocycles. The number of amides is 2. The van der Waals surface area contributed by atoms with Gasteiger partial charge in [-0.2, -0.15) is 5.26 Å². The number of benzene rings is 1. The van der Waals surface area contributed by atoms with Gasteiger partial charge in [-0.1, -0.05) is 37.5 Å². The molecule has 1 aliphatic heterocycles. The number of nitrogens with one attached hydrogen (secondary N) is 1. The van der Waals surface area contributed by atoms with Gasteiger partial charge in [0.25, 0.3) is 0 Å². The number of nitriles is 1. The van der Waals surface area contributed by atoms with Crippen molar-refractivity contribution in [1.82, 2.24) is 10.2 Å². The van der Waals surface area contributed by atoms with Crippen molar-refractivity contribution in [3.05, 3.63) is 30.3 Å². The summed E-state index contributed by atoms with van der Waals surface area (Å²) in [5, 5.41) is 10.0. The lowest BCUT2D eigenvalue weighted by Crippen LogP contribution is -2.44. The largest absolute Gasteiger partial charge is 0.425 e. The molecule has 0 unspecified atom stereocenters. The highest BCUT2D eigenvalue weighted by atomic mass is 32.2. The summed E-state index contributed by atoms with van der Waals surface area (Å²) in [6, 6.07) is 9.86. The van der Waals surface area contributed by atoms with Gasteiger partial charge in [-0.3, -0.25) is 4.79 Å². The molecule has 8 nitrogen and oxygen atoms in total. The third-order valence-corrected chi connectivity index (χ3v) is 7.66. The molecule has 156 valence electrons. The molecule has 9 heteroatoms. The predicted octanol–water partition coefficient (Wildman–Crippen LogP) is 2.22. The van der Waals surface area contributed by atoms with E-state index in [1.807, 2.05) is 0 Å². The minimum Gasteiger partial charge on any atom is -0.425 e. The fourth-order valence-electron chi connectivity index (χ4n) is 4.00. The smallest absolute Gasteiger partial charge is 0.409 e. The molecule has 1 heterocycles. The molecule has 3 rings (SSSR count). The van der Waals surface area contributed by atoms with Crippen molar-refractivity contribution in [2.24, 2.45) is 5.92 Å². The van der Waals surface area contributed by atoms with Gasteiger partial charge in [0, 0.05) is 18.9 Å². The number of hydrogen-bond acceptors (Lipinski definition) is 6. The maximum atomic E-state index is 13.1. The van der Waals surface area contributed by atoms with E-state index in [2.05, 4.69) is 5.32 Å². The van der Waals surface area contributed by atoms with Crippen LogP contribution in [0.15, 0.2) is 35.2 Å². The summed E-state index contributed by atoms with van der Waals surface area (Å²) in [6.07, 6.45) is 2.75. The van der Waals surface area contributed by atoms with Crippen molar-refractivity contribution in [3.8, 4) is 6.07 Å². The number of carbonyl (C=O) groups is 2.